The molecule has 0 spiro atoms. The predicted molar refractivity (Wildman–Crippen MR) is 71.7 cm³/mol. The minimum atomic E-state index is -0.0334. The summed E-state index contributed by atoms with van der Waals surface area (Å²) in [5.74, 6) is 0.201. The number of rotatable bonds is 3. The van der Waals surface area contributed by atoms with Crippen LogP contribution in [-0.2, 0) is 4.79 Å². The number of halogens is 1. The van der Waals surface area contributed by atoms with E-state index in [1.54, 1.807) is 4.90 Å². The van der Waals surface area contributed by atoms with Crippen molar-refractivity contribution in [1.82, 2.24) is 10.2 Å². The van der Waals surface area contributed by atoms with Crippen LogP contribution >= 0.6 is 15.9 Å². The molecule has 3 nitrogen and oxygen atoms in total. The van der Waals surface area contributed by atoms with E-state index < -0.39 is 0 Å². The van der Waals surface area contributed by atoms with Crippen LogP contribution in [0.3, 0.4) is 0 Å². The van der Waals surface area contributed by atoms with Crippen LogP contribution in [0.2, 0.25) is 0 Å². The van der Waals surface area contributed by atoms with Crippen molar-refractivity contribution in [1.29, 1.82) is 0 Å². The lowest BCUT2D eigenvalue weighted by molar-refractivity contribution is -0.128. The summed E-state index contributed by atoms with van der Waals surface area (Å²) in [6.07, 6.45) is 0.897. The first-order valence-corrected chi connectivity index (χ1v) is 6.63. The molecule has 1 aliphatic rings. The average molecular weight is 297 g/mol. The maximum Gasteiger partial charge on any atom is 0.239 e. The Bertz CT molecular complexity index is 422. The second-order valence-corrected chi connectivity index (χ2v) is 5.46. The van der Waals surface area contributed by atoms with Crippen molar-refractivity contribution >= 4 is 21.8 Å². The van der Waals surface area contributed by atoms with Gasteiger partial charge in [0.05, 0.1) is 6.04 Å². The minimum absolute atomic E-state index is 0.0334. The predicted octanol–water partition coefficient (Wildman–Crippen LogP) is 2.33. The number of likely N-dealkylation sites (tertiary alicyclic amines) is 1. The summed E-state index contributed by atoms with van der Waals surface area (Å²) in [5, 5.41) is 3.39. The van der Waals surface area contributed by atoms with Crippen molar-refractivity contribution in [2.75, 3.05) is 13.6 Å². The molecule has 92 valence electrons. The molecular formula is C13H17BrN2O. The van der Waals surface area contributed by atoms with E-state index >= 15 is 0 Å². The fourth-order valence-electron chi connectivity index (χ4n) is 2.15. The second kappa shape index (κ2) is 5.19. The van der Waals surface area contributed by atoms with Crippen molar-refractivity contribution in [2.24, 2.45) is 0 Å². The van der Waals surface area contributed by atoms with E-state index in [1.165, 1.54) is 5.56 Å². The Morgan fingerprint density at radius 2 is 2.29 bits per heavy atom. The maximum atomic E-state index is 11.8. The molecule has 0 aliphatic carbocycles. The summed E-state index contributed by atoms with van der Waals surface area (Å²) in [4.78, 5) is 13.6. The van der Waals surface area contributed by atoms with Gasteiger partial charge in [0.1, 0.15) is 0 Å². The highest BCUT2D eigenvalue weighted by Crippen LogP contribution is 2.20. The van der Waals surface area contributed by atoms with Crippen LogP contribution in [0, 0.1) is 0 Å². The molecule has 2 atom stereocenters. The monoisotopic (exact) mass is 296 g/mol. The molecule has 0 saturated carbocycles. The van der Waals surface area contributed by atoms with Gasteiger partial charge in [-0.15, -0.1) is 0 Å². The molecule has 0 bridgehead atoms. The summed E-state index contributed by atoms with van der Waals surface area (Å²) < 4.78 is 1.07. The van der Waals surface area contributed by atoms with Crippen LogP contribution in [0.25, 0.3) is 0 Å². The highest BCUT2D eigenvalue weighted by molar-refractivity contribution is 9.10. The van der Waals surface area contributed by atoms with Crippen molar-refractivity contribution in [3.05, 3.63) is 34.3 Å². The van der Waals surface area contributed by atoms with Gasteiger partial charge in [-0.2, -0.15) is 0 Å². The summed E-state index contributed by atoms with van der Waals surface area (Å²) in [5.41, 5.74) is 1.20. The third-order valence-corrected chi connectivity index (χ3v) is 3.72. The second-order valence-electron chi connectivity index (χ2n) is 4.54. The zero-order valence-electron chi connectivity index (χ0n) is 10.1. The maximum absolute atomic E-state index is 11.8. The number of benzene rings is 1. The average Bonchev–Trinajstić information content (AvgIpc) is 2.61. The molecule has 1 aromatic carbocycles. The van der Waals surface area contributed by atoms with Gasteiger partial charge in [-0.05, 0) is 31.0 Å². The minimum Gasteiger partial charge on any atom is -0.344 e. The number of hydrogen-bond acceptors (Lipinski definition) is 2. The van der Waals surface area contributed by atoms with Crippen LogP contribution in [0.1, 0.15) is 24.9 Å². The van der Waals surface area contributed by atoms with Crippen molar-refractivity contribution in [3.63, 3.8) is 0 Å². The molecule has 1 aromatic rings. The first-order chi connectivity index (χ1) is 8.08. The first-order valence-electron chi connectivity index (χ1n) is 5.84. The molecule has 1 amide bonds. The number of likely N-dealkylation sites (N-methyl/N-ethyl adjacent to an activating group) is 1. The van der Waals surface area contributed by atoms with Crippen LogP contribution in [-0.4, -0.2) is 30.4 Å². The van der Waals surface area contributed by atoms with E-state index in [2.05, 4.69) is 40.3 Å². The molecule has 0 radical (unpaired) electrons. The van der Waals surface area contributed by atoms with Gasteiger partial charge in [0, 0.05) is 24.1 Å². The number of nitrogens with one attached hydrogen (secondary N) is 1. The van der Waals surface area contributed by atoms with E-state index in [-0.39, 0.29) is 18.0 Å². The molecule has 1 unspecified atom stereocenters. The SMILES string of the molecule is C[C@H](NC1CCN(C)C1=O)c1cccc(Br)c1. The van der Waals surface area contributed by atoms with Gasteiger partial charge in [0.15, 0.2) is 0 Å². The Hall–Kier alpha value is -0.870. The van der Waals surface area contributed by atoms with Crippen LogP contribution in [0.4, 0.5) is 0 Å². The number of hydrogen-bond donors (Lipinski definition) is 1. The van der Waals surface area contributed by atoms with Gasteiger partial charge in [0.25, 0.3) is 0 Å². The van der Waals surface area contributed by atoms with Crippen LogP contribution in [0.15, 0.2) is 28.7 Å². The largest absolute Gasteiger partial charge is 0.344 e. The Kier molecular flexibility index (Phi) is 3.84. The van der Waals surface area contributed by atoms with Gasteiger partial charge < -0.3 is 4.90 Å². The third-order valence-electron chi connectivity index (χ3n) is 3.23. The molecule has 2 rings (SSSR count). The van der Waals surface area contributed by atoms with E-state index in [9.17, 15) is 4.79 Å². The number of carbonyl (C=O) groups excluding carboxylic acids is 1. The van der Waals surface area contributed by atoms with Gasteiger partial charge in [-0.25, -0.2) is 0 Å². The fraction of sp³-hybridized carbons (Fsp3) is 0.462. The summed E-state index contributed by atoms with van der Waals surface area (Å²) >= 11 is 3.46. The molecule has 0 aromatic heterocycles. The lowest BCUT2D eigenvalue weighted by Gasteiger charge is -2.19. The number of carbonyl (C=O) groups is 1. The first kappa shape index (κ1) is 12.6. The van der Waals surface area contributed by atoms with Gasteiger partial charge in [-0.1, -0.05) is 28.1 Å². The van der Waals surface area contributed by atoms with E-state index in [1.807, 2.05) is 19.2 Å². The summed E-state index contributed by atoms with van der Waals surface area (Å²) in [6, 6.07) is 8.33. The van der Waals surface area contributed by atoms with Crippen molar-refractivity contribution < 1.29 is 4.79 Å². The Labute approximate surface area is 110 Å². The Balaban J connectivity index is 2.02. The third kappa shape index (κ3) is 2.87. The summed E-state index contributed by atoms with van der Waals surface area (Å²) in [7, 11) is 1.85. The van der Waals surface area contributed by atoms with Crippen molar-refractivity contribution in [3.8, 4) is 0 Å². The molecule has 17 heavy (non-hydrogen) atoms. The topological polar surface area (TPSA) is 32.3 Å². The molecule has 1 N–H and O–H groups in total. The zero-order chi connectivity index (χ0) is 12.4. The van der Waals surface area contributed by atoms with E-state index in [0.29, 0.717) is 0 Å². The molecule has 1 saturated heterocycles. The highest BCUT2D eigenvalue weighted by Gasteiger charge is 2.29. The van der Waals surface area contributed by atoms with Gasteiger partial charge >= 0.3 is 0 Å². The molecule has 1 aliphatic heterocycles. The number of amides is 1. The van der Waals surface area contributed by atoms with Crippen LogP contribution < -0.4 is 5.32 Å². The normalized spacial score (nSPS) is 21.9. The quantitative estimate of drug-likeness (QED) is 0.928. The molecular weight excluding hydrogens is 280 g/mol. The Morgan fingerprint density at radius 3 is 2.88 bits per heavy atom. The molecule has 4 heteroatoms. The fourth-order valence-corrected chi connectivity index (χ4v) is 2.57. The van der Waals surface area contributed by atoms with E-state index in [0.717, 1.165) is 17.4 Å². The lowest BCUT2D eigenvalue weighted by atomic mass is 10.1. The lowest BCUT2D eigenvalue weighted by Crippen LogP contribution is -2.38. The van der Waals surface area contributed by atoms with Gasteiger partial charge in [-0.3, -0.25) is 10.1 Å². The standard InChI is InChI=1S/C13H17BrN2O/c1-9(10-4-3-5-11(14)8-10)15-12-6-7-16(2)13(12)17/h3-5,8-9,12,15H,6-7H2,1-2H3/t9-,12?/m0/s1. The summed E-state index contributed by atoms with van der Waals surface area (Å²) in [6.45, 7) is 2.94. The van der Waals surface area contributed by atoms with Gasteiger partial charge in [0.2, 0.25) is 5.91 Å². The molecule has 1 fully saturated rings. The molecule has 1 heterocycles. The van der Waals surface area contributed by atoms with Crippen LogP contribution in [0.5, 0.6) is 0 Å². The smallest absolute Gasteiger partial charge is 0.239 e. The zero-order valence-corrected chi connectivity index (χ0v) is 11.7. The highest BCUT2D eigenvalue weighted by atomic mass is 79.9. The van der Waals surface area contributed by atoms with E-state index in [4.69, 9.17) is 0 Å². The van der Waals surface area contributed by atoms with Crippen molar-refractivity contribution in [2.45, 2.75) is 25.4 Å². The number of nitrogens with zero attached hydrogens (tertiary/aromatic N) is 1. The Morgan fingerprint density at radius 1 is 1.53 bits per heavy atom.